The molecule has 5 nitrogen and oxygen atoms in total. The van der Waals surface area contributed by atoms with Gasteiger partial charge in [-0.15, -0.1) is 0 Å². The minimum atomic E-state index is -3.48. The SMILES string of the molecule is COc1cccc(C2CN(S(=O)(=O)c3ccc(C)cc3)CCN2C)c1. The molecule has 1 aliphatic heterocycles. The molecule has 0 bridgehead atoms. The van der Waals surface area contributed by atoms with Gasteiger partial charge in [0.1, 0.15) is 5.75 Å². The van der Waals surface area contributed by atoms with Crippen molar-refractivity contribution in [2.24, 2.45) is 0 Å². The Kier molecular flexibility index (Phi) is 5.13. The number of likely N-dealkylation sites (N-methyl/N-ethyl adjacent to an activating group) is 1. The molecule has 1 fully saturated rings. The number of aryl methyl sites for hydroxylation is 1. The Bertz CT molecular complexity index is 834. The lowest BCUT2D eigenvalue weighted by Crippen LogP contribution is -2.48. The van der Waals surface area contributed by atoms with Gasteiger partial charge in [0.05, 0.1) is 12.0 Å². The molecule has 1 unspecified atom stereocenters. The lowest BCUT2D eigenvalue weighted by molar-refractivity contribution is 0.148. The molecular formula is C19H24N2O3S. The largest absolute Gasteiger partial charge is 0.497 e. The van der Waals surface area contributed by atoms with Crippen molar-refractivity contribution in [1.29, 1.82) is 0 Å². The van der Waals surface area contributed by atoms with Gasteiger partial charge in [-0.1, -0.05) is 29.8 Å². The average Bonchev–Trinajstić information content (AvgIpc) is 2.62. The number of methoxy groups -OCH3 is 1. The second-order valence-corrected chi connectivity index (χ2v) is 8.39. The van der Waals surface area contributed by atoms with Crippen LogP contribution >= 0.6 is 0 Å². The van der Waals surface area contributed by atoms with Crippen molar-refractivity contribution in [2.45, 2.75) is 17.9 Å². The first-order chi connectivity index (χ1) is 11.9. The van der Waals surface area contributed by atoms with Crippen molar-refractivity contribution in [2.75, 3.05) is 33.8 Å². The highest BCUT2D eigenvalue weighted by Crippen LogP contribution is 2.29. The molecule has 2 aromatic carbocycles. The highest BCUT2D eigenvalue weighted by atomic mass is 32.2. The quantitative estimate of drug-likeness (QED) is 0.841. The molecule has 134 valence electrons. The Balaban J connectivity index is 1.88. The maximum Gasteiger partial charge on any atom is 0.243 e. The first-order valence-electron chi connectivity index (χ1n) is 8.33. The summed E-state index contributed by atoms with van der Waals surface area (Å²) in [5.74, 6) is 0.782. The molecule has 0 N–H and O–H groups in total. The van der Waals surface area contributed by atoms with Gasteiger partial charge < -0.3 is 4.74 Å². The van der Waals surface area contributed by atoms with Gasteiger partial charge in [-0.25, -0.2) is 8.42 Å². The Morgan fingerprint density at radius 3 is 2.48 bits per heavy atom. The highest BCUT2D eigenvalue weighted by Gasteiger charge is 2.33. The highest BCUT2D eigenvalue weighted by molar-refractivity contribution is 7.89. The molecule has 2 aromatic rings. The molecule has 1 atom stereocenters. The zero-order valence-electron chi connectivity index (χ0n) is 14.8. The second-order valence-electron chi connectivity index (χ2n) is 6.45. The molecule has 25 heavy (non-hydrogen) atoms. The smallest absolute Gasteiger partial charge is 0.243 e. The van der Waals surface area contributed by atoms with E-state index < -0.39 is 10.0 Å². The maximum absolute atomic E-state index is 13.0. The number of rotatable bonds is 4. The Morgan fingerprint density at radius 1 is 1.08 bits per heavy atom. The van der Waals surface area contributed by atoms with E-state index >= 15 is 0 Å². The molecule has 0 saturated carbocycles. The number of hydrogen-bond acceptors (Lipinski definition) is 4. The van der Waals surface area contributed by atoms with Crippen LogP contribution in [0.5, 0.6) is 5.75 Å². The van der Waals surface area contributed by atoms with Crippen LogP contribution in [0.25, 0.3) is 0 Å². The maximum atomic E-state index is 13.0. The van der Waals surface area contributed by atoms with E-state index in [2.05, 4.69) is 4.90 Å². The van der Waals surface area contributed by atoms with E-state index in [1.54, 1.807) is 23.5 Å². The number of ether oxygens (including phenoxy) is 1. The van der Waals surface area contributed by atoms with E-state index in [1.807, 2.05) is 50.4 Å². The zero-order chi connectivity index (χ0) is 18.0. The van der Waals surface area contributed by atoms with E-state index in [0.717, 1.165) is 16.9 Å². The molecule has 1 saturated heterocycles. The van der Waals surface area contributed by atoms with Gasteiger partial charge in [0.2, 0.25) is 10.0 Å². The van der Waals surface area contributed by atoms with E-state index in [9.17, 15) is 8.42 Å². The van der Waals surface area contributed by atoms with Crippen LogP contribution in [0, 0.1) is 6.92 Å². The summed E-state index contributed by atoms with van der Waals surface area (Å²) in [5, 5.41) is 0. The summed E-state index contributed by atoms with van der Waals surface area (Å²) in [6.07, 6.45) is 0. The van der Waals surface area contributed by atoms with Gasteiger partial charge in [-0.05, 0) is 43.8 Å². The van der Waals surface area contributed by atoms with Crippen molar-refractivity contribution in [3.8, 4) is 5.75 Å². The summed E-state index contributed by atoms with van der Waals surface area (Å²) in [6.45, 7) is 3.56. The van der Waals surface area contributed by atoms with Crippen LogP contribution in [0.15, 0.2) is 53.4 Å². The third-order valence-electron chi connectivity index (χ3n) is 4.75. The van der Waals surface area contributed by atoms with Crippen LogP contribution in [-0.2, 0) is 10.0 Å². The fraction of sp³-hybridized carbons (Fsp3) is 0.368. The fourth-order valence-electron chi connectivity index (χ4n) is 3.13. The summed E-state index contributed by atoms with van der Waals surface area (Å²) >= 11 is 0. The first kappa shape index (κ1) is 17.9. The van der Waals surface area contributed by atoms with E-state index in [1.165, 1.54) is 0 Å². The molecule has 3 rings (SSSR count). The predicted octanol–water partition coefficient (Wildman–Crippen LogP) is 2.68. The van der Waals surface area contributed by atoms with Crippen LogP contribution in [-0.4, -0.2) is 51.4 Å². The molecule has 0 radical (unpaired) electrons. The molecule has 0 aliphatic carbocycles. The fourth-order valence-corrected chi connectivity index (χ4v) is 4.57. The normalized spacial score (nSPS) is 19.7. The predicted molar refractivity (Wildman–Crippen MR) is 98.3 cm³/mol. The van der Waals surface area contributed by atoms with Gasteiger partial charge in [-0.3, -0.25) is 4.90 Å². The summed E-state index contributed by atoms with van der Waals surface area (Å²) in [5.41, 5.74) is 2.11. The number of benzene rings is 2. The summed E-state index contributed by atoms with van der Waals surface area (Å²) < 4.78 is 32.9. The molecule has 0 aromatic heterocycles. The zero-order valence-corrected chi connectivity index (χ0v) is 15.7. The Morgan fingerprint density at radius 2 is 1.80 bits per heavy atom. The van der Waals surface area contributed by atoms with E-state index in [-0.39, 0.29) is 6.04 Å². The second kappa shape index (κ2) is 7.15. The summed E-state index contributed by atoms with van der Waals surface area (Å²) in [6, 6.07) is 14.9. The number of nitrogens with zero attached hydrogens (tertiary/aromatic N) is 2. The van der Waals surface area contributed by atoms with Crippen LogP contribution < -0.4 is 4.74 Å². The van der Waals surface area contributed by atoms with Crippen LogP contribution in [0.4, 0.5) is 0 Å². The van der Waals surface area contributed by atoms with Crippen molar-refractivity contribution >= 4 is 10.0 Å². The van der Waals surface area contributed by atoms with Gasteiger partial charge in [0.25, 0.3) is 0 Å². The van der Waals surface area contributed by atoms with Crippen LogP contribution in [0.2, 0.25) is 0 Å². The van der Waals surface area contributed by atoms with Crippen molar-refractivity contribution < 1.29 is 13.2 Å². The van der Waals surface area contributed by atoms with Gasteiger partial charge in [0.15, 0.2) is 0 Å². The van der Waals surface area contributed by atoms with E-state index in [0.29, 0.717) is 24.5 Å². The summed E-state index contributed by atoms with van der Waals surface area (Å²) in [4.78, 5) is 2.54. The lowest BCUT2D eigenvalue weighted by Gasteiger charge is -2.39. The molecule has 1 aliphatic rings. The monoisotopic (exact) mass is 360 g/mol. The lowest BCUT2D eigenvalue weighted by atomic mass is 10.0. The third kappa shape index (κ3) is 3.71. The molecular weight excluding hydrogens is 336 g/mol. The standard InChI is InChI=1S/C19H24N2O3S/c1-15-7-9-18(10-8-15)25(22,23)21-12-11-20(2)19(14-21)16-5-4-6-17(13-16)24-3/h4-10,13,19H,11-12,14H2,1-3H3. The Labute approximate surface area is 149 Å². The minimum Gasteiger partial charge on any atom is -0.497 e. The molecule has 1 heterocycles. The Hall–Kier alpha value is -1.89. The number of piperazine rings is 1. The third-order valence-corrected chi connectivity index (χ3v) is 6.63. The van der Waals surface area contributed by atoms with Crippen molar-refractivity contribution in [1.82, 2.24) is 9.21 Å². The van der Waals surface area contributed by atoms with E-state index in [4.69, 9.17) is 4.74 Å². The van der Waals surface area contributed by atoms with Gasteiger partial charge in [-0.2, -0.15) is 4.31 Å². The number of sulfonamides is 1. The van der Waals surface area contributed by atoms with Crippen LogP contribution in [0.3, 0.4) is 0 Å². The topological polar surface area (TPSA) is 49.9 Å². The van der Waals surface area contributed by atoms with Crippen LogP contribution in [0.1, 0.15) is 17.2 Å². The number of hydrogen-bond donors (Lipinski definition) is 0. The van der Waals surface area contributed by atoms with Crippen molar-refractivity contribution in [3.05, 3.63) is 59.7 Å². The molecule has 0 spiro atoms. The summed E-state index contributed by atoms with van der Waals surface area (Å²) in [7, 11) is 0.181. The van der Waals surface area contributed by atoms with Gasteiger partial charge in [0, 0.05) is 25.7 Å². The average molecular weight is 360 g/mol. The first-order valence-corrected chi connectivity index (χ1v) is 9.77. The minimum absolute atomic E-state index is 0.00377. The molecule has 6 heteroatoms. The van der Waals surface area contributed by atoms with Crippen molar-refractivity contribution in [3.63, 3.8) is 0 Å². The van der Waals surface area contributed by atoms with Gasteiger partial charge >= 0.3 is 0 Å². The molecule has 0 amide bonds.